The van der Waals surface area contributed by atoms with E-state index in [0.717, 1.165) is 22.6 Å². The van der Waals surface area contributed by atoms with E-state index in [2.05, 4.69) is 10.2 Å². The Morgan fingerprint density at radius 3 is 2.69 bits per heavy atom. The summed E-state index contributed by atoms with van der Waals surface area (Å²) in [6.45, 7) is 5.03. The molecule has 0 unspecified atom stereocenters. The third kappa shape index (κ3) is 3.56. The molecule has 2 heterocycles. The average molecular weight is 356 g/mol. The topological polar surface area (TPSA) is 78.5 Å². The number of amides is 2. The number of H-pyrrole nitrogens is 1. The van der Waals surface area contributed by atoms with Crippen molar-refractivity contribution in [3.8, 4) is 5.75 Å². The van der Waals surface area contributed by atoms with Gasteiger partial charge >= 0.3 is 0 Å². The Hall–Kier alpha value is -2.83. The number of anilines is 1. The van der Waals surface area contributed by atoms with Gasteiger partial charge in [-0.1, -0.05) is 12.1 Å². The quantitative estimate of drug-likeness (QED) is 0.887. The van der Waals surface area contributed by atoms with Crippen LogP contribution in [0.5, 0.6) is 5.75 Å². The van der Waals surface area contributed by atoms with E-state index in [1.165, 1.54) is 0 Å². The van der Waals surface area contributed by atoms with Crippen LogP contribution in [0.2, 0.25) is 0 Å². The van der Waals surface area contributed by atoms with Crippen LogP contribution in [0.3, 0.4) is 0 Å². The number of aromatic amines is 1. The zero-order chi connectivity index (χ0) is 18.7. The van der Waals surface area contributed by atoms with Crippen LogP contribution in [0.25, 0.3) is 0 Å². The monoisotopic (exact) mass is 356 g/mol. The van der Waals surface area contributed by atoms with Crippen LogP contribution in [0.15, 0.2) is 24.3 Å². The fourth-order valence-electron chi connectivity index (χ4n) is 3.16. The number of benzene rings is 1. The lowest BCUT2D eigenvalue weighted by molar-refractivity contribution is -0.136. The molecule has 1 fully saturated rings. The summed E-state index contributed by atoms with van der Waals surface area (Å²) in [7, 11) is 1.59. The summed E-state index contributed by atoms with van der Waals surface area (Å²) in [6.07, 6.45) is 0.934. The first-order valence-corrected chi connectivity index (χ1v) is 8.73. The fourth-order valence-corrected chi connectivity index (χ4v) is 3.16. The number of hydrogen-bond acceptors (Lipinski definition) is 4. The maximum absolute atomic E-state index is 12.6. The molecule has 2 amide bonds. The number of aryl methyl sites for hydroxylation is 2. The molecule has 1 aromatic heterocycles. The number of para-hydroxylation sites is 2. The Kier molecular flexibility index (Phi) is 5.25. The summed E-state index contributed by atoms with van der Waals surface area (Å²) >= 11 is 0. The average Bonchev–Trinajstić information content (AvgIpc) is 2.98. The number of piperazine rings is 1. The van der Waals surface area contributed by atoms with Crippen molar-refractivity contribution in [1.29, 1.82) is 0 Å². The predicted molar refractivity (Wildman–Crippen MR) is 98.3 cm³/mol. The summed E-state index contributed by atoms with van der Waals surface area (Å²) in [6, 6.07) is 7.42. The molecule has 7 nitrogen and oxygen atoms in total. The van der Waals surface area contributed by atoms with Crippen LogP contribution in [-0.4, -0.2) is 53.7 Å². The maximum atomic E-state index is 12.6. The van der Waals surface area contributed by atoms with E-state index in [4.69, 9.17) is 4.74 Å². The molecule has 1 aliphatic rings. The second-order valence-electron chi connectivity index (χ2n) is 6.45. The minimum Gasteiger partial charge on any atom is -0.495 e. The van der Waals surface area contributed by atoms with E-state index in [0.29, 0.717) is 31.7 Å². The first-order chi connectivity index (χ1) is 12.5. The van der Waals surface area contributed by atoms with Gasteiger partial charge in [-0.2, -0.15) is 5.10 Å². The van der Waals surface area contributed by atoms with Crippen molar-refractivity contribution in [3.63, 3.8) is 0 Å². The molecule has 1 aliphatic heterocycles. The van der Waals surface area contributed by atoms with Gasteiger partial charge in [0.25, 0.3) is 0 Å². The number of aromatic nitrogens is 2. The van der Waals surface area contributed by atoms with Crippen LogP contribution < -0.4 is 9.64 Å². The molecule has 3 rings (SSSR count). The van der Waals surface area contributed by atoms with Gasteiger partial charge < -0.3 is 14.5 Å². The lowest BCUT2D eigenvalue weighted by atomic mass is 10.1. The van der Waals surface area contributed by atoms with Crippen molar-refractivity contribution < 1.29 is 14.3 Å². The van der Waals surface area contributed by atoms with E-state index < -0.39 is 0 Å². The van der Waals surface area contributed by atoms with Crippen molar-refractivity contribution in [1.82, 2.24) is 15.1 Å². The number of hydrogen-bond donors (Lipinski definition) is 1. The van der Waals surface area contributed by atoms with Crippen LogP contribution >= 0.6 is 0 Å². The van der Waals surface area contributed by atoms with Crippen LogP contribution in [0.4, 0.5) is 5.69 Å². The van der Waals surface area contributed by atoms with E-state index >= 15 is 0 Å². The molecule has 1 aromatic carbocycles. The molecule has 0 bridgehead atoms. The normalized spacial score (nSPS) is 14.7. The van der Waals surface area contributed by atoms with Crippen molar-refractivity contribution in [2.75, 3.05) is 31.6 Å². The number of nitrogens with one attached hydrogen (secondary N) is 1. The SMILES string of the molecule is COc1ccccc1N1CCN(C(=O)CCc2n[nH]c(C)c2C)CC1=O. The molecule has 0 spiro atoms. The van der Waals surface area contributed by atoms with Gasteiger partial charge in [0, 0.05) is 31.6 Å². The molecule has 0 atom stereocenters. The Morgan fingerprint density at radius 1 is 1.27 bits per heavy atom. The minimum atomic E-state index is -0.0964. The van der Waals surface area contributed by atoms with Crippen molar-refractivity contribution in [3.05, 3.63) is 41.2 Å². The number of carbonyl (C=O) groups is 2. The van der Waals surface area contributed by atoms with Crippen molar-refractivity contribution in [2.24, 2.45) is 0 Å². The standard InChI is InChI=1S/C19H24N4O3/c1-13-14(2)20-21-15(13)8-9-18(24)22-10-11-23(19(25)12-22)16-6-4-5-7-17(16)26-3/h4-7H,8-12H2,1-3H3,(H,20,21). The molecule has 0 radical (unpaired) electrons. The Morgan fingerprint density at radius 2 is 2.04 bits per heavy atom. The largest absolute Gasteiger partial charge is 0.495 e. The van der Waals surface area contributed by atoms with Crippen LogP contribution in [0.1, 0.15) is 23.4 Å². The minimum absolute atomic E-state index is 0.0157. The Balaban J connectivity index is 1.60. The summed E-state index contributed by atoms with van der Waals surface area (Å²) in [5.74, 6) is 0.545. The number of rotatable bonds is 5. The summed E-state index contributed by atoms with van der Waals surface area (Å²) < 4.78 is 5.34. The first kappa shape index (κ1) is 18.0. The molecule has 138 valence electrons. The van der Waals surface area contributed by atoms with E-state index in [1.807, 2.05) is 38.1 Å². The molecule has 2 aromatic rings. The molecule has 7 heteroatoms. The molecule has 1 saturated heterocycles. The zero-order valence-corrected chi connectivity index (χ0v) is 15.4. The molecular weight excluding hydrogens is 332 g/mol. The maximum Gasteiger partial charge on any atom is 0.246 e. The molecule has 1 N–H and O–H groups in total. The van der Waals surface area contributed by atoms with Gasteiger partial charge in [0.1, 0.15) is 12.3 Å². The predicted octanol–water partition coefficient (Wildman–Crippen LogP) is 1.84. The lowest BCUT2D eigenvalue weighted by Crippen LogP contribution is -2.52. The Bertz CT molecular complexity index is 815. The summed E-state index contributed by atoms with van der Waals surface area (Å²) in [5.41, 5.74) is 3.77. The fraction of sp³-hybridized carbons (Fsp3) is 0.421. The molecular formula is C19H24N4O3. The molecule has 0 saturated carbocycles. The highest BCUT2D eigenvalue weighted by Gasteiger charge is 2.29. The third-order valence-corrected chi connectivity index (χ3v) is 4.88. The third-order valence-electron chi connectivity index (χ3n) is 4.88. The summed E-state index contributed by atoms with van der Waals surface area (Å²) in [5, 5.41) is 7.17. The second-order valence-corrected chi connectivity index (χ2v) is 6.45. The van der Waals surface area contributed by atoms with Gasteiger partial charge in [0.2, 0.25) is 11.8 Å². The zero-order valence-electron chi connectivity index (χ0n) is 15.4. The van der Waals surface area contributed by atoms with Crippen LogP contribution in [0, 0.1) is 13.8 Å². The smallest absolute Gasteiger partial charge is 0.246 e. The van der Waals surface area contributed by atoms with Gasteiger partial charge in [-0.25, -0.2) is 0 Å². The van der Waals surface area contributed by atoms with Gasteiger partial charge in [0.05, 0.1) is 18.5 Å². The lowest BCUT2D eigenvalue weighted by Gasteiger charge is -2.35. The Labute approximate surface area is 152 Å². The molecule has 26 heavy (non-hydrogen) atoms. The number of nitrogens with zero attached hydrogens (tertiary/aromatic N) is 3. The van der Waals surface area contributed by atoms with Crippen molar-refractivity contribution in [2.45, 2.75) is 26.7 Å². The van der Waals surface area contributed by atoms with E-state index in [-0.39, 0.29) is 18.4 Å². The van der Waals surface area contributed by atoms with Crippen LogP contribution in [-0.2, 0) is 16.0 Å². The number of carbonyl (C=O) groups excluding carboxylic acids is 2. The highest BCUT2D eigenvalue weighted by atomic mass is 16.5. The molecule has 0 aliphatic carbocycles. The van der Waals surface area contributed by atoms with Gasteiger partial charge in [-0.15, -0.1) is 0 Å². The highest BCUT2D eigenvalue weighted by molar-refractivity contribution is 5.99. The second kappa shape index (κ2) is 7.59. The highest BCUT2D eigenvalue weighted by Crippen LogP contribution is 2.28. The van der Waals surface area contributed by atoms with Gasteiger partial charge in [-0.05, 0) is 31.5 Å². The number of ether oxygens (including phenoxy) is 1. The summed E-state index contributed by atoms with van der Waals surface area (Å²) in [4.78, 5) is 28.4. The van der Waals surface area contributed by atoms with E-state index in [1.54, 1.807) is 16.9 Å². The van der Waals surface area contributed by atoms with E-state index in [9.17, 15) is 9.59 Å². The first-order valence-electron chi connectivity index (χ1n) is 8.73. The van der Waals surface area contributed by atoms with Gasteiger partial charge in [-0.3, -0.25) is 14.7 Å². The van der Waals surface area contributed by atoms with Crippen molar-refractivity contribution >= 4 is 17.5 Å². The van der Waals surface area contributed by atoms with Gasteiger partial charge in [0.15, 0.2) is 0 Å². The number of methoxy groups -OCH3 is 1.